The van der Waals surface area contributed by atoms with Gasteiger partial charge in [0.05, 0.1) is 23.7 Å². The molecule has 0 spiro atoms. The van der Waals surface area contributed by atoms with Crippen molar-refractivity contribution in [3.05, 3.63) is 70.8 Å². The van der Waals surface area contributed by atoms with Crippen molar-refractivity contribution in [1.29, 1.82) is 0 Å². The number of fused-ring (bicyclic) bond motifs is 2. The minimum atomic E-state index is -0.158. The molecular formula is C23H24N4O3. The molecular weight excluding hydrogens is 380 g/mol. The van der Waals surface area contributed by atoms with E-state index in [0.717, 1.165) is 27.7 Å². The highest BCUT2D eigenvalue weighted by molar-refractivity contribution is 5.86. The van der Waals surface area contributed by atoms with Crippen molar-refractivity contribution in [2.45, 2.75) is 19.4 Å². The van der Waals surface area contributed by atoms with Crippen LogP contribution in [0.15, 0.2) is 59.5 Å². The molecule has 4 aromatic rings. The van der Waals surface area contributed by atoms with Crippen LogP contribution in [0.1, 0.15) is 12.1 Å². The summed E-state index contributed by atoms with van der Waals surface area (Å²) in [5.74, 6) is 0.737. The first-order valence-electron chi connectivity index (χ1n) is 9.91. The third kappa shape index (κ3) is 3.78. The van der Waals surface area contributed by atoms with E-state index < -0.39 is 0 Å². The Morgan fingerprint density at radius 3 is 2.73 bits per heavy atom. The molecule has 0 fully saturated rings. The molecule has 30 heavy (non-hydrogen) atoms. The van der Waals surface area contributed by atoms with Crippen LogP contribution in [0.5, 0.6) is 5.75 Å². The van der Waals surface area contributed by atoms with E-state index in [-0.39, 0.29) is 17.9 Å². The summed E-state index contributed by atoms with van der Waals surface area (Å²) < 4.78 is 9.05. The third-order valence-corrected chi connectivity index (χ3v) is 5.31. The summed E-state index contributed by atoms with van der Waals surface area (Å²) in [6.07, 6.45) is 2.52. The molecule has 0 unspecified atom stereocenters. The van der Waals surface area contributed by atoms with E-state index in [0.29, 0.717) is 25.2 Å². The molecule has 2 aromatic carbocycles. The summed E-state index contributed by atoms with van der Waals surface area (Å²) in [4.78, 5) is 29.2. The van der Waals surface area contributed by atoms with Crippen LogP contribution in [-0.2, 0) is 24.8 Å². The van der Waals surface area contributed by atoms with Crippen molar-refractivity contribution < 1.29 is 9.53 Å². The quantitative estimate of drug-likeness (QED) is 0.514. The van der Waals surface area contributed by atoms with Crippen molar-refractivity contribution in [1.82, 2.24) is 19.4 Å². The van der Waals surface area contributed by atoms with E-state index in [9.17, 15) is 9.59 Å². The normalized spacial score (nSPS) is 11.1. The van der Waals surface area contributed by atoms with Crippen LogP contribution in [-0.4, -0.2) is 33.7 Å². The number of ether oxygens (including phenoxy) is 1. The largest absolute Gasteiger partial charge is 0.496 e. The lowest BCUT2D eigenvalue weighted by molar-refractivity contribution is -0.121. The first kappa shape index (κ1) is 19.7. The predicted molar refractivity (Wildman–Crippen MR) is 117 cm³/mol. The van der Waals surface area contributed by atoms with Crippen molar-refractivity contribution in [3.8, 4) is 5.75 Å². The highest BCUT2D eigenvalue weighted by Crippen LogP contribution is 2.25. The first-order valence-corrected chi connectivity index (χ1v) is 9.91. The van der Waals surface area contributed by atoms with Crippen LogP contribution in [0, 0.1) is 0 Å². The number of carbonyl (C=O) groups is 1. The van der Waals surface area contributed by atoms with Crippen LogP contribution < -0.4 is 15.6 Å². The molecule has 2 aromatic heterocycles. The number of nitrogens with one attached hydrogen (secondary N) is 1. The van der Waals surface area contributed by atoms with Crippen molar-refractivity contribution in [2.75, 3.05) is 13.7 Å². The van der Waals surface area contributed by atoms with E-state index in [1.807, 2.05) is 54.7 Å². The topological polar surface area (TPSA) is 78.2 Å². The average molecular weight is 404 g/mol. The summed E-state index contributed by atoms with van der Waals surface area (Å²) >= 11 is 0. The van der Waals surface area contributed by atoms with E-state index in [4.69, 9.17) is 4.74 Å². The molecule has 0 saturated heterocycles. The molecule has 2 heterocycles. The van der Waals surface area contributed by atoms with Gasteiger partial charge in [-0.2, -0.15) is 0 Å². The Hall–Kier alpha value is -3.61. The summed E-state index contributed by atoms with van der Waals surface area (Å²) in [6.45, 7) is 1.15. The van der Waals surface area contributed by atoms with Gasteiger partial charge in [0, 0.05) is 44.6 Å². The SMILES string of the molecule is COc1cccc2c1ccn2CCNC(=O)CCc1nc2ccccc2n(C)c1=O. The molecule has 0 aliphatic heterocycles. The number of hydrogen-bond acceptors (Lipinski definition) is 4. The molecule has 0 bridgehead atoms. The van der Waals surface area contributed by atoms with E-state index in [1.54, 1.807) is 18.7 Å². The number of rotatable bonds is 7. The first-order chi connectivity index (χ1) is 14.6. The summed E-state index contributed by atoms with van der Waals surface area (Å²) in [6, 6.07) is 15.4. The van der Waals surface area contributed by atoms with Crippen LogP contribution in [0.2, 0.25) is 0 Å². The monoisotopic (exact) mass is 404 g/mol. The Kier molecular flexibility index (Phi) is 5.52. The van der Waals surface area contributed by atoms with Crippen LogP contribution in [0.25, 0.3) is 21.9 Å². The maximum Gasteiger partial charge on any atom is 0.272 e. The molecule has 0 saturated carbocycles. The summed E-state index contributed by atoms with van der Waals surface area (Å²) in [5, 5.41) is 3.97. The molecule has 1 N–H and O–H groups in total. The number of nitrogens with zero attached hydrogens (tertiary/aromatic N) is 3. The van der Waals surface area contributed by atoms with E-state index in [1.165, 1.54) is 0 Å². The van der Waals surface area contributed by atoms with Crippen molar-refractivity contribution in [2.24, 2.45) is 7.05 Å². The molecule has 7 heteroatoms. The van der Waals surface area contributed by atoms with Crippen LogP contribution >= 0.6 is 0 Å². The second-order valence-corrected chi connectivity index (χ2v) is 7.16. The van der Waals surface area contributed by atoms with Gasteiger partial charge >= 0.3 is 0 Å². The van der Waals surface area contributed by atoms with Gasteiger partial charge in [-0.05, 0) is 30.3 Å². The molecule has 154 valence electrons. The van der Waals surface area contributed by atoms with Crippen molar-refractivity contribution in [3.63, 3.8) is 0 Å². The number of carbonyl (C=O) groups excluding carboxylic acids is 1. The summed E-state index contributed by atoms with van der Waals surface area (Å²) in [5.41, 5.74) is 2.85. The van der Waals surface area contributed by atoms with Crippen molar-refractivity contribution >= 4 is 27.8 Å². The van der Waals surface area contributed by atoms with Gasteiger partial charge in [-0.3, -0.25) is 9.59 Å². The van der Waals surface area contributed by atoms with E-state index >= 15 is 0 Å². The molecule has 0 atom stereocenters. The summed E-state index contributed by atoms with van der Waals surface area (Å²) in [7, 11) is 3.39. The predicted octanol–water partition coefficient (Wildman–Crippen LogP) is 2.65. The highest BCUT2D eigenvalue weighted by Gasteiger charge is 2.11. The fraction of sp³-hybridized carbons (Fsp3) is 0.261. The fourth-order valence-electron chi connectivity index (χ4n) is 3.71. The smallest absolute Gasteiger partial charge is 0.272 e. The lowest BCUT2D eigenvalue weighted by Gasteiger charge is -2.09. The number of para-hydroxylation sites is 2. The molecule has 0 aliphatic carbocycles. The lowest BCUT2D eigenvalue weighted by atomic mass is 10.2. The number of hydrogen-bond donors (Lipinski definition) is 1. The Bertz CT molecular complexity index is 1270. The van der Waals surface area contributed by atoms with Gasteiger partial charge in [-0.1, -0.05) is 18.2 Å². The molecule has 4 rings (SSSR count). The van der Waals surface area contributed by atoms with Gasteiger partial charge in [0.2, 0.25) is 5.91 Å². The Morgan fingerprint density at radius 2 is 1.90 bits per heavy atom. The van der Waals surface area contributed by atoms with Gasteiger partial charge in [-0.25, -0.2) is 4.98 Å². The number of aryl methyl sites for hydroxylation is 2. The molecule has 1 amide bonds. The number of aromatic nitrogens is 3. The van der Waals surface area contributed by atoms with Crippen LogP contribution in [0.3, 0.4) is 0 Å². The number of methoxy groups -OCH3 is 1. The maximum atomic E-state index is 12.5. The zero-order valence-corrected chi connectivity index (χ0v) is 17.1. The fourth-order valence-corrected chi connectivity index (χ4v) is 3.71. The number of amides is 1. The van der Waals surface area contributed by atoms with Gasteiger partial charge < -0.3 is 19.2 Å². The Morgan fingerprint density at radius 1 is 1.10 bits per heavy atom. The highest BCUT2D eigenvalue weighted by atomic mass is 16.5. The standard InChI is InChI=1S/C23H24N4O3/c1-26-20-7-4-3-6-17(20)25-18(23(26)29)10-11-22(28)24-13-15-27-14-12-16-19(27)8-5-9-21(16)30-2/h3-9,12,14H,10-11,13,15H2,1-2H3,(H,24,28). The zero-order chi connectivity index (χ0) is 21.1. The molecule has 7 nitrogen and oxygen atoms in total. The maximum absolute atomic E-state index is 12.5. The molecule has 0 radical (unpaired) electrons. The van der Waals surface area contributed by atoms with Crippen LogP contribution in [0.4, 0.5) is 0 Å². The lowest BCUT2D eigenvalue weighted by Crippen LogP contribution is -2.29. The Balaban J connectivity index is 1.36. The zero-order valence-electron chi connectivity index (χ0n) is 17.1. The second-order valence-electron chi connectivity index (χ2n) is 7.16. The second kappa shape index (κ2) is 8.41. The minimum Gasteiger partial charge on any atom is -0.496 e. The third-order valence-electron chi connectivity index (χ3n) is 5.31. The minimum absolute atomic E-state index is 0.0962. The van der Waals surface area contributed by atoms with E-state index in [2.05, 4.69) is 14.9 Å². The van der Waals surface area contributed by atoms with Gasteiger partial charge in [-0.15, -0.1) is 0 Å². The average Bonchev–Trinajstić information content (AvgIpc) is 3.18. The molecule has 0 aliphatic rings. The Labute approximate surface area is 173 Å². The van der Waals surface area contributed by atoms with Gasteiger partial charge in [0.1, 0.15) is 11.4 Å². The van der Waals surface area contributed by atoms with Gasteiger partial charge in [0.15, 0.2) is 0 Å². The van der Waals surface area contributed by atoms with Gasteiger partial charge in [0.25, 0.3) is 5.56 Å². The number of benzene rings is 2.